The maximum Gasteiger partial charge on any atom is 0.244 e. The van der Waals surface area contributed by atoms with Gasteiger partial charge in [-0.15, -0.1) is 0 Å². The number of ether oxygens (including phenoxy) is 1. The Bertz CT molecular complexity index is 403. The molecule has 0 aliphatic carbocycles. The molecular weight excluding hydrogens is 298 g/mol. The van der Waals surface area contributed by atoms with Gasteiger partial charge in [0.25, 0.3) is 0 Å². The number of aliphatic hydroxyl groups excluding tert-OH is 1. The predicted octanol–water partition coefficient (Wildman–Crippen LogP) is 1.59. The molecule has 0 aliphatic rings. The van der Waals surface area contributed by atoms with Gasteiger partial charge in [-0.25, -0.2) is 0 Å². The van der Waals surface area contributed by atoms with Gasteiger partial charge >= 0.3 is 0 Å². The fourth-order valence-electron chi connectivity index (χ4n) is 1.27. The fraction of sp³-hybridized carbons (Fsp3) is 0.308. The number of carbonyl (C=O) groups excluding carboxylic acids is 1. The van der Waals surface area contributed by atoms with E-state index >= 15 is 0 Å². The number of methoxy groups -OCH3 is 1. The third-order valence-corrected chi connectivity index (χ3v) is 2.70. The largest absolute Gasteiger partial charge is 0.389 e. The molecule has 0 spiro atoms. The smallest absolute Gasteiger partial charge is 0.244 e. The number of carbonyl (C=O) groups is 1. The normalized spacial score (nSPS) is 12.6. The Hall–Kier alpha value is -1.17. The molecule has 0 fully saturated rings. The molecule has 18 heavy (non-hydrogen) atoms. The molecule has 1 amide bonds. The Morgan fingerprint density at radius 1 is 1.50 bits per heavy atom. The van der Waals surface area contributed by atoms with Gasteiger partial charge in [0.15, 0.2) is 0 Å². The molecule has 98 valence electrons. The first kappa shape index (κ1) is 14.9. The van der Waals surface area contributed by atoms with Gasteiger partial charge < -0.3 is 15.2 Å². The van der Waals surface area contributed by atoms with Crippen LogP contribution in [0.5, 0.6) is 0 Å². The third kappa shape index (κ3) is 5.95. The Morgan fingerprint density at radius 3 is 2.78 bits per heavy atom. The lowest BCUT2D eigenvalue weighted by molar-refractivity contribution is -0.117. The number of aliphatic hydroxyl groups is 1. The first-order chi connectivity index (χ1) is 8.61. The summed E-state index contributed by atoms with van der Waals surface area (Å²) in [6.45, 7) is 0.383. The number of amides is 1. The maximum absolute atomic E-state index is 11.4. The van der Waals surface area contributed by atoms with Crippen LogP contribution >= 0.6 is 15.9 Å². The number of halogens is 1. The molecule has 1 aromatic rings. The van der Waals surface area contributed by atoms with Crippen LogP contribution in [-0.2, 0) is 9.53 Å². The Kier molecular flexibility index (Phi) is 6.64. The second kappa shape index (κ2) is 8.02. The zero-order valence-electron chi connectivity index (χ0n) is 10.1. The molecule has 1 rings (SSSR count). The van der Waals surface area contributed by atoms with Crippen molar-refractivity contribution in [1.82, 2.24) is 5.32 Å². The van der Waals surface area contributed by atoms with E-state index in [0.29, 0.717) is 0 Å². The van der Waals surface area contributed by atoms with E-state index in [2.05, 4.69) is 21.2 Å². The highest BCUT2D eigenvalue weighted by Gasteiger charge is 2.03. The van der Waals surface area contributed by atoms with Gasteiger partial charge in [0.1, 0.15) is 0 Å². The summed E-state index contributed by atoms with van der Waals surface area (Å²) in [6, 6.07) is 7.60. The van der Waals surface area contributed by atoms with Gasteiger partial charge in [-0.05, 0) is 23.8 Å². The van der Waals surface area contributed by atoms with E-state index in [1.807, 2.05) is 24.3 Å². The quantitative estimate of drug-likeness (QED) is 0.784. The van der Waals surface area contributed by atoms with E-state index in [4.69, 9.17) is 4.74 Å². The SMILES string of the molecule is COCC(O)CNC(=O)C=Cc1ccc(Br)cc1. The summed E-state index contributed by atoms with van der Waals surface area (Å²) >= 11 is 3.34. The number of nitrogens with one attached hydrogen (secondary N) is 1. The van der Waals surface area contributed by atoms with Crippen molar-refractivity contribution in [2.75, 3.05) is 20.3 Å². The summed E-state index contributed by atoms with van der Waals surface area (Å²) in [5.41, 5.74) is 0.936. The number of hydrogen-bond acceptors (Lipinski definition) is 3. The van der Waals surface area contributed by atoms with E-state index in [-0.39, 0.29) is 19.1 Å². The highest BCUT2D eigenvalue weighted by Crippen LogP contribution is 2.11. The standard InChI is InChI=1S/C13H16BrNO3/c1-18-9-12(16)8-15-13(17)7-4-10-2-5-11(14)6-3-10/h2-7,12,16H,8-9H2,1H3,(H,15,17). The first-order valence-electron chi connectivity index (χ1n) is 5.50. The van der Waals surface area contributed by atoms with Crippen molar-refractivity contribution in [2.45, 2.75) is 6.10 Å². The Balaban J connectivity index is 2.37. The highest BCUT2D eigenvalue weighted by molar-refractivity contribution is 9.10. The molecule has 1 atom stereocenters. The summed E-state index contributed by atoms with van der Waals surface area (Å²) in [4.78, 5) is 11.4. The minimum Gasteiger partial charge on any atom is -0.389 e. The highest BCUT2D eigenvalue weighted by atomic mass is 79.9. The van der Waals surface area contributed by atoms with Crippen LogP contribution in [0.15, 0.2) is 34.8 Å². The molecule has 5 heteroatoms. The predicted molar refractivity (Wildman–Crippen MR) is 74.1 cm³/mol. The molecule has 1 unspecified atom stereocenters. The number of rotatable bonds is 6. The summed E-state index contributed by atoms with van der Waals surface area (Å²) in [6.07, 6.45) is 2.47. The molecule has 4 nitrogen and oxygen atoms in total. The van der Waals surface area contributed by atoms with Gasteiger partial charge in [0, 0.05) is 24.2 Å². The topological polar surface area (TPSA) is 58.6 Å². The molecule has 0 radical (unpaired) electrons. The van der Waals surface area contributed by atoms with Crippen LogP contribution in [0.3, 0.4) is 0 Å². The summed E-state index contributed by atoms with van der Waals surface area (Å²) in [5, 5.41) is 11.9. The molecule has 0 saturated heterocycles. The van der Waals surface area contributed by atoms with Gasteiger partial charge in [-0.2, -0.15) is 0 Å². The average molecular weight is 314 g/mol. The molecule has 0 bridgehead atoms. The van der Waals surface area contributed by atoms with Crippen molar-refractivity contribution in [2.24, 2.45) is 0 Å². The van der Waals surface area contributed by atoms with Crippen LogP contribution in [-0.4, -0.2) is 37.4 Å². The second-order valence-corrected chi connectivity index (χ2v) is 4.65. The van der Waals surface area contributed by atoms with Crippen LogP contribution in [0.1, 0.15) is 5.56 Å². The summed E-state index contributed by atoms with van der Waals surface area (Å²) in [7, 11) is 1.50. The van der Waals surface area contributed by atoms with Crippen LogP contribution in [0.4, 0.5) is 0 Å². The van der Waals surface area contributed by atoms with Crippen molar-refractivity contribution < 1.29 is 14.6 Å². The van der Waals surface area contributed by atoms with Crippen LogP contribution < -0.4 is 5.32 Å². The first-order valence-corrected chi connectivity index (χ1v) is 6.29. The van der Waals surface area contributed by atoms with E-state index < -0.39 is 6.10 Å². The van der Waals surface area contributed by atoms with Gasteiger partial charge in [0.2, 0.25) is 5.91 Å². The lowest BCUT2D eigenvalue weighted by Gasteiger charge is -2.08. The molecule has 0 saturated carbocycles. The minimum atomic E-state index is -0.681. The maximum atomic E-state index is 11.4. The second-order valence-electron chi connectivity index (χ2n) is 3.74. The fourth-order valence-corrected chi connectivity index (χ4v) is 1.54. The monoisotopic (exact) mass is 313 g/mol. The summed E-state index contributed by atoms with van der Waals surface area (Å²) in [5.74, 6) is -0.243. The molecule has 1 aromatic carbocycles. The van der Waals surface area contributed by atoms with Crippen molar-refractivity contribution in [3.63, 3.8) is 0 Å². The molecule has 0 aliphatic heterocycles. The molecule has 0 aromatic heterocycles. The zero-order valence-corrected chi connectivity index (χ0v) is 11.7. The van der Waals surface area contributed by atoms with E-state index in [9.17, 15) is 9.90 Å². The van der Waals surface area contributed by atoms with Crippen molar-refractivity contribution in [1.29, 1.82) is 0 Å². The van der Waals surface area contributed by atoms with Gasteiger partial charge in [0.05, 0.1) is 12.7 Å². The van der Waals surface area contributed by atoms with E-state index in [0.717, 1.165) is 10.0 Å². The minimum absolute atomic E-state index is 0.178. The Labute approximate surface area is 115 Å². The Morgan fingerprint density at radius 2 is 2.17 bits per heavy atom. The van der Waals surface area contributed by atoms with Gasteiger partial charge in [-0.3, -0.25) is 4.79 Å². The number of hydrogen-bond donors (Lipinski definition) is 2. The van der Waals surface area contributed by atoms with E-state index in [1.54, 1.807) is 6.08 Å². The summed E-state index contributed by atoms with van der Waals surface area (Å²) < 4.78 is 5.75. The van der Waals surface area contributed by atoms with Gasteiger partial charge in [-0.1, -0.05) is 28.1 Å². The lowest BCUT2D eigenvalue weighted by atomic mass is 10.2. The van der Waals surface area contributed by atoms with Crippen LogP contribution in [0.25, 0.3) is 6.08 Å². The number of benzene rings is 1. The van der Waals surface area contributed by atoms with E-state index in [1.165, 1.54) is 13.2 Å². The van der Waals surface area contributed by atoms with Crippen molar-refractivity contribution in [3.8, 4) is 0 Å². The lowest BCUT2D eigenvalue weighted by Crippen LogP contribution is -2.33. The molecule has 2 N–H and O–H groups in total. The van der Waals surface area contributed by atoms with Crippen LogP contribution in [0.2, 0.25) is 0 Å². The third-order valence-electron chi connectivity index (χ3n) is 2.17. The van der Waals surface area contributed by atoms with Crippen molar-refractivity contribution >= 4 is 27.9 Å². The van der Waals surface area contributed by atoms with Crippen LogP contribution in [0, 0.1) is 0 Å². The molecular formula is C13H16BrNO3. The average Bonchev–Trinajstić information content (AvgIpc) is 2.36. The van der Waals surface area contributed by atoms with Crippen molar-refractivity contribution in [3.05, 3.63) is 40.4 Å². The zero-order chi connectivity index (χ0) is 13.4. The molecule has 0 heterocycles.